The second-order valence-corrected chi connectivity index (χ2v) is 5.34. The minimum Gasteiger partial charge on any atom is -0.325 e. The summed E-state index contributed by atoms with van der Waals surface area (Å²) >= 11 is 0. The molecule has 0 unspecified atom stereocenters. The zero-order valence-corrected chi connectivity index (χ0v) is 10.7. The molecule has 1 aromatic heterocycles. The van der Waals surface area contributed by atoms with Crippen LogP contribution in [0.1, 0.15) is 25.1 Å². The zero-order chi connectivity index (χ0) is 13.5. The van der Waals surface area contributed by atoms with Crippen molar-refractivity contribution in [3.05, 3.63) is 41.1 Å². The maximum absolute atomic E-state index is 13.9. The van der Waals surface area contributed by atoms with Gasteiger partial charge in [0.2, 0.25) is 0 Å². The van der Waals surface area contributed by atoms with Gasteiger partial charge in [-0.2, -0.15) is 0 Å². The Morgan fingerprint density at radius 3 is 2.44 bits per heavy atom. The van der Waals surface area contributed by atoms with Crippen molar-refractivity contribution in [2.75, 3.05) is 0 Å². The Morgan fingerprint density at radius 1 is 1.22 bits per heavy atom. The predicted octanol–water partition coefficient (Wildman–Crippen LogP) is 3.10. The fourth-order valence-corrected chi connectivity index (χ4v) is 2.12. The third-order valence-corrected chi connectivity index (χ3v) is 2.72. The molecule has 0 radical (unpaired) electrons. The number of fused-ring (bicyclic) bond motifs is 1. The van der Waals surface area contributed by atoms with Gasteiger partial charge in [0, 0.05) is 16.6 Å². The van der Waals surface area contributed by atoms with Crippen LogP contribution in [0, 0.1) is 18.6 Å². The van der Waals surface area contributed by atoms with Crippen LogP contribution in [0.25, 0.3) is 10.9 Å². The Kier molecular flexibility index (Phi) is 3.07. The van der Waals surface area contributed by atoms with Gasteiger partial charge in [-0.05, 0) is 51.0 Å². The minimum absolute atomic E-state index is 0.0780. The van der Waals surface area contributed by atoms with E-state index >= 15 is 0 Å². The Bertz CT molecular complexity index is 601. The number of aryl methyl sites for hydroxylation is 1. The average molecular weight is 250 g/mol. The first-order valence-corrected chi connectivity index (χ1v) is 5.81. The van der Waals surface area contributed by atoms with Gasteiger partial charge >= 0.3 is 0 Å². The third-order valence-electron chi connectivity index (χ3n) is 2.72. The smallest absolute Gasteiger partial charge is 0.149 e. The highest BCUT2D eigenvalue weighted by Crippen LogP contribution is 2.26. The predicted molar refractivity (Wildman–Crippen MR) is 68.4 cm³/mol. The molecule has 1 aromatic carbocycles. The van der Waals surface area contributed by atoms with E-state index in [2.05, 4.69) is 4.98 Å². The summed E-state index contributed by atoms with van der Waals surface area (Å²) in [5.41, 5.74) is 6.91. The molecule has 0 fully saturated rings. The number of pyridine rings is 1. The molecule has 0 bridgehead atoms. The number of nitrogens with two attached hydrogens (primary N) is 1. The van der Waals surface area contributed by atoms with Crippen molar-refractivity contribution < 1.29 is 8.78 Å². The lowest BCUT2D eigenvalue weighted by Gasteiger charge is -2.20. The van der Waals surface area contributed by atoms with E-state index in [1.165, 1.54) is 0 Å². The number of benzene rings is 1. The maximum atomic E-state index is 13.9. The van der Waals surface area contributed by atoms with E-state index in [0.29, 0.717) is 17.7 Å². The van der Waals surface area contributed by atoms with Crippen molar-refractivity contribution in [2.24, 2.45) is 5.73 Å². The van der Waals surface area contributed by atoms with Crippen LogP contribution in [0.5, 0.6) is 0 Å². The lowest BCUT2D eigenvalue weighted by molar-refractivity contribution is 0.516. The van der Waals surface area contributed by atoms with E-state index in [4.69, 9.17) is 5.73 Å². The minimum atomic E-state index is -0.508. The van der Waals surface area contributed by atoms with Gasteiger partial charge < -0.3 is 5.73 Å². The molecule has 1 heterocycles. The maximum Gasteiger partial charge on any atom is 0.149 e. The molecule has 18 heavy (non-hydrogen) atoms. The number of halogens is 2. The van der Waals surface area contributed by atoms with Crippen molar-refractivity contribution in [3.63, 3.8) is 0 Å². The fourth-order valence-electron chi connectivity index (χ4n) is 2.12. The van der Waals surface area contributed by atoms with Gasteiger partial charge in [-0.3, -0.25) is 0 Å². The highest BCUT2D eigenvalue weighted by atomic mass is 19.1. The first-order valence-electron chi connectivity index (χ1n) is 5.81. The van der Waals surface area contributed by atoms with E-state index in [-0.39, 0.29) is 10.9 Å². The summed E-state index contributed by atoms with van der Waals surface area (Å²) in [6.07, 6.45) is 0.466. The lowest BCUT2D eigenvalue weighted by atomic mass is 9.93. The largest absolute Gasteiger partial charge is 0.325 e. The Hall–Kier alpha value is -1.55. The van der Waals surface area contributed by atoms with Gasteiger partial charge in [0.15, 0.2) is 0 Å². The number of rotatable bonds is 2. The van der Waals surface area contributed by atoms with Crippen molar-refractivity contribution >= 4 is 10.9 Å². The number of nitrogens with zero attached hydrogens (tertiary/aromatic N) is 1. The molecule has 0 saturated carbocycles. The summed E-state index contributed by atoms with van der Waals surface area (Å²) in [6.45, 7) is 5.47. The lowest BCUT2D eigenvalue weighted by Crippen LogP contribution is -2.34. The average Bonchev–Trinajstić information content (AvgIpc) is 2.20. The molecule has 96 valence electrons. The first-order chi connectivity index (χ1) is 8.28. The van der Waals surface area contributed by atoms with Gasteiger partial charge in [0.05, 0.1) is 0 Å². The Morgan fingerprint density at radius 2 is 1.83 bits per heavy atom. The topological polar surface area (TPSA) is 38.9 Å². The number of hydrogen-bond acceptors (Lipinski definition) is 2. The molecular weight excluding hydrogens is 234 g/mol. The molecule has 0 saturated heterocycles. The number of hydrogen-bond donors (Lipinski definition) is 1. The highest BCUT2D eigenvalue weighted by molar-refractivity contribution is 5.83. The molecule has 2 aromatic rings. The summed E-state index contributed by atoms with van der Waals surface area (Å²) in [4.78, 5) is 4.07. The van der Waals surface area contributed by atoms with Crippen LogP contribution in [0.4, 0.5) is 8.78 Å². The van der Waals surface area contributed by atoms with Crippen LogP contribution < -0.4 is 5.73 Å². The van der Waals surface area contributed by atoms with E-state index in [9.17, 15) is 8.78 Å². The fraction of sp³-hybridized carbons (Fsp3) is 0.357. The molecule has 2 N–H and O–H groups in total. The van der Waals surface area contributed by atoms with Crippen LogP contribution in [0.3, 0.4) is 0 Å². The molecular formula is C14H16F2N2. The van der Waals surface area contributed by atoms with Crippen LogP contribution >= 0.6 is 0 Å². The molecule has 2 rings (SSSR count). The summed E-state index contributed by atoms with van der Waals surface area (Å²) in [6, 6.07) is 3.99. The van der Waals surface area contributed by atoms with E-state index in [1.807, 2.05) is 13.8 Å². The van der Waals surface area contributed by atoms with E-state index < -0.39 is 17.2 Å². The molecule has 0 atom stereocenters. The normalized spacial score (nSPS) is 12.1. The van der Waals surface area contributed by atoms with Gasteiger partial charge in [-0.15, -0.1) is 0 Å². The monoisotopic (exact) mass is 250 g/mol. The third kappa shape index (κ3) is 2.48. The van der Waals surface area contributed by atoms with Crippen LogP contribution in [0.15, 0.2) is 18.2 Å². The molecule has 0 spiro atoms. The number of aromatic nitrogens is 1. The molecule has 4 heteroatoms. The van der Waals surface area contributed by atoms with Crippen molar-refractivity contribution in [1.29, 1.82) is 0 Å². The quantitative estimate of drug-likeness (QED) is 0.889. The van der Waals surface area contributed by atoms with Crippen LogP contribution in [-0.2, 0) is 6.42 Å². The summed E-state index contributed by atoms with van der Waals surface area (Å²) in [7, 11) is 0. The van der Waals surface area contributed by atoms with Gasteiger partial charge in [-0.1, -0.05) is 0 Å². The molecule has 0 amide bonds. The summed E-state index contributed by atoms with van der Waals surface area (Å²) < 4.78 is 27.6. The van der Waals surface area contributed by atoms with Crippen LogP contribution in [-0.4, -0.2) is 10.5 Å². The first kappa shape index (κ1) is 12.9. The molecule has 0 aliphatic rings. The molecule has 0 aliphatic carbocycles. The summed E-state index contributed by atoms with van der Waals surface area (Å²) in [5.74, 6) is -0.968. The van der Waals surface area contributed by atoms with Crippen molar-refractivity contribution in [3.8, 4) is 0 Å². The second kappa shape index (κ2) is 4.28. The van der Waals surface area contributed by atoms with Gasteiger partial charge in [-0.25, -0.2) is 13.8 Å². The van der Waals surface area contributed by atoms with E-state index in [0.717, 1.165) is 12.1 Å². The SMILES string of the molecule is Cc1cc(CC(C)(C)N)c2c(F)ccc(F)c2n1. The molecule has 2 nitrogen and oxygen atoms in total. The Labute approximate surface area is 105 Å². The standard InChI is InChI=1S/C14H16F2N2/c1-8-6-9(7-14(2,3)17)12-10(15)4-5-11(16)13(12)18-8/h4-6H,7,17H2,1-3H3. The van der Waals surface area contributed by atoms with Gasteiger partial charge in [0.1, 0.15) is 17.2 Å². The van der Waals surface area contributed by atoms with Crippen LogP contribution in [0.2, 0.25) is 0 Å². The highest BCUT2D eigenvalue weighted by Gasteiger charge is 2.18. The van der Waals surface area contributed by atoms with Crippen molar-refractivity contribution in [2.45, 2.75) is 32.7 Å². The molecule has 0 aliphatic heterocycles. The summed E-state index contributed by atoms with van der Waals surface area (Å²) in [5, 5.41) is 0.235. The van der Waals surface area contributed by atoms with Gasteiger partial charge in [0.25, 0.3) is 0 Å². The zero-order valence-electron chi connectivity index (χ0n) is 10.7. The second-order valence-electron chi connectivity index (χ2n) is 5.34. The Balaban J connectivity index is 2.76. The van der Waals surface area contributed by atoms with Crippen molar-refractivity contribution in [1.82, 2.24) is 4.98 Å². The van der Waals surface area contributed by atoms with E-state index in [1.54, 1.807) is 13.0 Å².